The normalized spacial score (nSPS) is 26.8. The topological polar surface area (TPSA) is 26.3 Å². The molecule has 0 aliphatic heterocycles. The van der Waals surface area contributed by atoms with Crippen LogP contribution < -0.4 is 0 Å². The van der Waals surface area contributed by atoms with Gasteiger partial charge in [0.05, 0.1) is 0 Å². The molecule has 0 amide bonds. The van der Waals surface area contributed by atoms with E-state index < -0.39 is 11.6 Å². The maximum atomic E-state index is 13.9. The van der Waals surface area contributed by atoms with Crippen LogP contribution >= 0.6 is 0 Å². The van der Waals surface area contributed by atoms with Crippen LogP contribution in [0.5, 0.6) is 0 Å². The van der Waals surface area contributed by atoms with Crippen LogP contribution in [0.4, 0.5) is 4.39 Å². The number of ether oxygens (including phenoxy) is 1. The number of carbonyl (C=O) groups excluding carboxylic acids is 1. The number of halogens is 1. The van der Waals surface area contributed by atoms with E-state index in [0.29, 0.717) is 12.8 Å². The highest BCUT2D eigenvalue weighted by atomic mass is 19.1. The monoisotopic (exact) mass is 186 g/mol. The van der Waals surface area contributed by atoms with Crippen molar-refractivity contribution in [1.82, 2.24) is 0 Å². The molecule has 13 heavy (non-hydrogen) atoms. The summed E-state index contributed by atoms with van der Waals surface area (Å²) in [5, 5.41) is 0. The van der Waals surface area contributed by atoms with Crippen LogP contribution in [-0.2, 0) is 9.53 Å². The zero-order valence-corrected chi connectivity index (χ0v) is 7.72. The molecule has 2 aliphatic carbocycles. The van der Waals surface area contributed by atoms with Gasteiger partial charge in [0.1, 0.15) is 6.10 Å². The lowest BCUT2D eigenvalue weighted by Gasteiger charge is -2.26. The van der Waals surface area contributed by atoms with E-state index in [1.807, 2.05) is 0 Å². The summed E-state index contributed by atoms with van der Waals surface area (Å²) in [6.45, 7) is 0. The number of alkyl halides is 1. The Balaban J connectivity index is 1.90. The summed E-state index contributed by atoms with van der Waals surface area (Å²) in [6, 6.07) is 0. The second-order valence-electron chi connectivity index (χ2n) is 4.13. The molecule has 0 saturated heterocycles. The van der Waals surface area contributed by atoms with Crippen molar-refractivity contribution >= 4 is 5.97 Å². The molecule has 2 saturated carbocycles. The van der Waals surface area contributed by atoms with Gasteiger partial charge in [-0.2, -0.15) is 0 Å². The molecule has 2 rings (SSSR count). The van der Waals surface area contributed by atoms with Gasteiger partial charge in [-0.3, -0.25) is 0 Å². The maximum Gasteiger partial charge on any atom is 0.344 e. The van der Waals surface area contributed by atoms with E-state index in [0.717, 1.165) is 32.1 Å². The Hall–Kier alpha value is -0.600. The van der Waals surface area contributed by atoms with Crippen LogP contribution in [0.25, 0.3) is 0 Å². The molecule has 2 nitrogen and oxygen atoms in total. The largest absolute Gasteiger partial charge is 0.460 e. The first kappa shape index (κ1) is 8.97. The Morgan fingerprint density at radius 2 is 1.85 bits per heavy atom. The highest BCUT2D eigenvalue weighted by Crippen LogP contribution is 2.35. The molecule has 0 N–H and O–H groups in total. The number of rotatable bonds is 2. The molecule has 0 aromatic carbocycles. The maximum absolute atomic E-state index is 13.9. The molecule has 0 heterocycles. The second-order valence-corrected chi connectivity index (χ2v) is 4.13. The van der Waals surface area contributed by atoms with Crippen molar-refractivity contribution in [3.05, 3.63) is 0 Å². The number of hydrogen-bond acceptors (Lipinski definition) is 2. The Labute approximate surface area is 77.5 Å². The predicted molar refractivity (Wildman–Crippen MR) is 46.0 cm³/mol. The Morgan fingerprint density at radius 3 is 2.38 bits per heavy atom. The molecule has 2 aliphatic rings. The highest BCUT2D eigenvalue weighted by molar-refractivity contribution is 5.79. The van der Waals surface area contributed by atoms with E-state index in [4.69, 9.17) is 4.74 Å². The Morgan fingerprint density at radius 1 is 1.23 bits per heavy atom. The smallest absolute Gasteiger partial charge is 0.344 e. The van der Waals surface area contributed by atoms with Gasteiger partial charge < -0.3 is 4.74 Å². The zero-order valence-electron chi connectivity index (χ0n) is 7.72. The van der Waals surface area contributed by atoms with E-state index in [-0.39, 0.29) is 6.10 Å². The van der Waals surface area contributed by atoms with Gasteiger partial charge in [0.15, 0.2) is 0 Å². The van der Waals surface area contributed by atoms with Gasteiger partial charge in [-0.05, 0) is 38.5 Å². The average molecular weight is 186 g/mol. The summed E-state index contributed by atoms with van der Waals surface area (Å²) in [5.41, 5.74) is -1.65. The van der Waals surface area contributed by atoms with Crippen molar-refractivity contribution in [2.45, 2.75) is 56.7 Å². The first-order chi connectivity index (χ1) is 6.21. The number of esters is 1. The van der Waals surface area contributed by atoms with E-state index in [1.54, 1.807) is 0 Å². The molecule has 0 spiro atoms. The lowest BCUT2D eigenvalue weighted by Crippen LogP contribution is -2.37. The van der Waals surface area contributed by atoms with Gasteiger partial charge in [0, 0.05) is 0 Å². The molecule has 74 valence electrons. The average Bonchev–Trinajstić information content (AvgIpc) is 2.89. The quantitative estimate of drug-likeness (QED) is 0.619. The van der Waals surface area contributed by atoms with Crippen LogP contribution in [-0.4, -0.2) is 17.7 Å². The van der Waals surface area contributed by atoms with E-state index >= 15 is 0 Å². The summed E-state index contributed by atoms with van der Waals surface area (Å²) in [5.74, 6) is -0.602. The van der Waals surface area contributed by atoms with Crippen molar-refractivity contribution in [2.75, 3.05) is 0 Å². The summed E-state index contributed by atoms with van der Waals surface area (Å²) >= 11 is 0. The number of hydrogen-bond donors (Lipinski definition) is 0. The molecule has 0 aromatic rings. The summed E-state index contributed by atoms with van der Waals surface area (Å²) < 4.78 is 18.9. The Kier molecular flexibility index (Phi) is 2.26. The first-order valence-electron chi connectivity index (χ1n) is 5.11. The molecule has 3 heteroatoms. The van der Waals surface area contributed by atoms with Crippen LogP contribution in [0.3, 0.4) is 0 Å². The number of carbonyl (C=O) groups is 1. The van der Waals surface area contributed by atoms with E-state index in [1.165, 1.54) is 0 Å². The summed E-state index contributed by atoms with van der Waals surface area (Å²) in [6.07, 6.45) is 5.26. The van der Waals surface area contributed by atoms with Gasteiger partial charge in [0.25, 0.3) is 0 Å². The SMILES string of the molecule is O=C(OC1CC1)C1(F)CCCCC1. The van der Waals surface area contributed by atoms with Crippen molar-refractivity contribution in [1.29, 1.82) is 0 Å². The molecule has 0 atom stereocenters. The third-order valence-electron chi connectivity index (χ3n) is 2.81. The Bertz CT molecular complexity index is 205. The molecule has 0 unspecified atom stereocenters. The van der Waals surface area contributed by atoms with Crippen LogP contribution in [0.15, 0.2) is 0 Å². The van der Waals surface area contributed by atoms with Gasteiger partial charge in [-0.25, -0.2) is 9.18 Å². The molecular weight excluding hydrogens is 171 g/mol. The van der Waals surface area contributed by atoms with E-state index in [9.17, 15) is 9.18 Å². The van der Waals surface area contributed by atoms with Crippen LogP contribution in [0, 0.1) is 0 Å². The van der Waals surface area contributed by atoms with Crippen molar-refractivity contribution in [3.8, 4) is 0 Å². The summed E-state index contributed by atoms with van der Waals surface area (Å²) in [7, 11) is 0. The lowest BCUT2D eigenvalue weighted by atomic mass is 9.86. The van der Waals surface area contributed by atoms with Crippen molar-refractivity contribution in [2.24, 2.45) is 0 Å². The molecule has 2 fully saturated rings. The predicted octanol–water partition coefficient (Wildman–Crippen LogP) is 2.36. The lowest BCUT2D eigenvalue weighted by molar-refractivity contribution is -0.161. The minimum Gasteiger partial charge on any atom is -0.460 e. The first-order valence-corrected chi connectivity index (χ1v) is 5.11. The third-order valence-corrected chi connectivity index (χ3v) is 2.81. The van der Waals surface area contributed by atoms with Gasteiger partial charge in [0.2, 0.25) is 5.67 Å². The van der Waals surface area contributed by atoms with E-state index in [2.05, 4.69) is 0 Å². The van der Waals surface area contributed by atoms with Gasteiger partial charge in [-0.1, -0.05) is 6.42 Å². The van der Waals surface area contributed by atoms with Gasteiger partial charge in [-0.15, -0.1) is 0 Å². The third kappa shape index (κ3) is 2.01. The molecule has 0 aromatic heterocycles. The zero-order chi connectivity index (χ0) is 9.31. The van der Waals surface area contributed by atoms with Crippen molar-refractivity contribution < 1.29 is 13.9 Å². The van der Waals surface area contributed by atoms with Crippen molar-refractivity contribution in [3.63, 3.8) is 0 Å². The van der Waals surface area contributed by atoms with Crippen LogP contribution in [0.1, 0.15) is 44.9 Å². The minimum atomic E-state index is -1.65. The fourth-order valence-electron chi connectivity index (χ4n) is 1.76. The standard InChI is InChI=1S/C10H15FO2/c11-10(6-2-1-3-7-10)9(12)13-8-4-5-8/h8H,1-7H2. The fraction of sp³-hybridized carbons (Fsp3) is 0.900. The molecular formula is C10H15FO2. The minimum absolute atomic E-state index is 0.0297. The summed E-state index contributed by atoms with van der Waals surface area (Å²) in [4.78, 5) is 11.4. The van der Waals surface area contributed by atoms with Crippen LogP contribution in [0.2, 0.25) is 0 Å². The highest BCUT2D eigenvalue weighted by Gasteiger charge is 2.43. The fourth-order valence-corrected chi connectivity index (χ4v) is 1.76. The molecule has 0 bridgehead atoms. The molecule has 0 radical (unpaired) electrons. The van der Waals surface area contributed by atoms with Gasteiger partial charge >= 0.3 is 5.97 Å². The second kappa shape index (κ2) is 3.28.